The number of alkyl halides is 6. The van der Waals surface area contributed by atoms with Gasteiger partial charge < -0.3 is 10.6 Å². The molecule has 0 aliphatic rings. The number of benzene rings is 3. The maximum absolute atomic E-state index is 13.2. The van der Waals surface area contributed by atoms with Crippen molar-refractivity contribution < 1.29 is 46.0 Å². The summed E-state index contributed by atoms with van der Waals surface area (Å²) in [6, 6.07) is 4.49. The van der Waals surface area contributed by atoms with Crippen molar-refractivity contribution >= 4 is 45.5 Å². The molecule has 0 bridgehead atoms. The molecule has 0 unspecified atom stereocenters. The minimum absolute atomic E-state index is 0.0108. The second kappa shape index (κ2) is 10.3. The Labute approximate surface area is 215 Å². The number of anilines is 4. The van der Waals surface area contributed by atoms with E-state index in [9.17, 15) is 66.8 Å². The molecular weight excluding hydrogens is 566 g/mol. The van der Waals surface area contributed by atoms with Gasteiger partial charge in [0.25, 0.3) is 22.7 Å². The van der Waals surface area contributed by atoms with E-state index in [4.69, 9.17) is 0 Å². The predicted octanol–water partition coefficient (Wildman–Crippen LogP) is 6.84. The van der Waals surface area contributed by atoms with Gasteiger partial charge in [-0.05, 0) is 12.1 Å². The molecule has 0 aliphatic carbocycles. The molecule has 0 aliphatic heterocycles. The van der Waals surface area contributed by atoms with Gasteiger partial charge in [-0.2, -0.15) is 26.3 Å². The van der Waals surface area contributed by atoms with Crippen LogP contribution in [0.15, 0.2) is 48.5 Å². The van der Waals surface area contributed by atoms with Crippen molar-refractivity contribution in [1.82, 2.24) is 0 Å². The van der Waals surface area contributed by atoms with Gasteiger partial charge in [-0.3, -0.25) is 40.5 Å². The van der Waals surface area contributed by atoms with E-state index in [1.165, 1.54) is 12.1 Å². The largest absolute Gasteiger partial charge is 0.416 e. The normalized spacial score (nSPS) is 11.6. The molecular formula is C20H10F6N6O8. The number of halogens is 6. The lowest BCUT2D eigenvalue weighted by Crippen LogP contribution is -2.11. The molecule has 14 nitrogen and oxygen atoms in total. The quantitative estimate of drug-likeness (QED) is 0.163. The third kappa shape index (κ3) is 5.95. The minimum Gasteiger partial charge on any atom is -0.343 e. The van der Waals surface area contributed by atoms with Gasteiger partial charge in [0, 0.05) is 24.3 Å². The van der Waals surface area contributed by atoms with Gasteiger partial charge in [-0.1, -0.05) is 12.1 Å². The molecule has 0 saturated carbocycles. The van der Waals surface area contributed by atoms with Crippen LogP contribution in [-0.4, -0.2) is 19.7 Å². The average Bonchev–Trinajstić information content (AvgIpc) is 2.83. The molecule has 0 heterocycles. The van der Waals surface area contributed by atoms with Crippen LogP contribution in [-0.2, 0) is 12.4 Å². The molecule has 2 N–H and O–H groups in total. The molecule has 0 atom stereocenters. The van der Waals surface area contributed by atoms with E-state index < -0.39 is 88.7 Å². The zero-order valence-corrected chi connectivity index (χ0v) is 18.9. The fraction of sp³-hybridized carbons (Fsp3) is 0.100. The van der Waals surface area contributed by atoms with Crippen molar-refractivity contribution in [2.75, 3.05) is 10.6 Å². The zero-order chi connectivity index (χ0) is 30.2. The molecule has 40 heavy (non-hydrogen) atoms. The average molecular weight is 576 g/mol. The maximum atomic E-state index is 13.2. The number of nitrogens with one attached hydrogen (secondary N) is 2. The van der Waals surface area contributed by atoms with Crippen molar-refractivity contribution in [1.29, 1.82) is 0 Å². The highest BCUT2D eigenvalue weighted by Gasteiger charge is 2.39. The van der Waals surface area contributed by atoms with Crippen molar-refractivity contribution in [3.63, 3.8) is 0 Å². The lowest BCUT2D eigenvalue weighted by molar-refractivity contribution is -0.392. The Bertz CT molecular complexity index is 1370. The highest BCUT2D eigenvalue weighted by molar-refractivity contribution is 5.88. The van der Waals surface area contributed by atoms with E-state index in [1.54, 1.807) is 0 Å². The summed E-state index contributed by atoms with van der Waals surface area (Å²) in [7, 11) is 0. The van der Waals surface area contributed by atoms with E-state index in [1.807, 2.05) is 0 Å². The van der Waals surface area contributed by atoms with E-state index in [-0.39, 0.29) is 24.3 Å². The first kappa shape index (κ1) is 29.0. The summed E-state index contributed by atoms with van der Waals surface area (Å²) in [6.45, 7) is 0. The lowest BCUT2D eigenvalue weighted by atomic mass is 10.1. The van der Waals surface area contributed by atoms with Crippen LogP contribution in [0.25, 0.3) is 0 Å². The lowest BCUT2D eigenvalue weighted by Gasteiger charge is -2.16. The third-order valence-corrected chi connectivity index (χ3v) is 5.08. The molecule has 3 aromatic carbocycles. The number of para-hydroxylation sites is 2. The highest BCUT2D eigenvalue weighted by Crippen LogP contribution is 2.46. The summed E-state index contributed by atoms with van der Waals surface area (Å²) in [6.07, 6.45) is -10.4. The van der Waals surface area contributed by atoms with Crippen LogP contribution in [0.1, 0.15) is 11.1 Å². The van der Waals surface area contributed by atoms with E-state index >= 15 is 0 Å². The Morgan fingerprint density at radius 3 is 0.975 bits per heavy atom. The van der Waals surface area contributed by atoms with Gasteiger partial charge in [0.15, 0.2) is 11.4 Å². The van der Waals surface area contributed by atoms with Crippen LogP contribution in [0.5, 0.6) is 0 Å². The van der Waals surface area contributed by atoms with Gasteiger partial charge in [0.2, 0.25) is 0 Å². The molecule has 3 rings (SSSR count). The zero-order valence-electron chi connectivity index (χ0n) is 18.9. The van der Waals surface area contributed by atoms with Crippen LogP contribution in [0.2, 0.25) is 0 Å². The van der Waals surface area contributed by atoms with Gasteiger partial charge in [0.1, 0.15) is 0 Å². The van der Waals surface area contributed by atoms with Crippen molar-refractivity contribution in [3.05, 3.63) is 100 Å². The van der Waals surface area contributed by atoms with Gasteiger partial charge in [0.05, 0.1) is 42.2 Å². The fourth-order valence-electron chi connectivity index (χ4n) is 3.35. The summed E-state index contributed by atoms with van der Waals surface area (Å²) in [5.41, 5.74) is -12.1. The molecule has 0 amide bonds. The second-order valence-electron chi connectivity index (χ2n) is 7.60. The molecule has 0 spiro atoms. The van der Waals surface area contributed by atoms with Gasteiger partial charge in [-0.25, -0.2) is 0 Å². The number of nitro groups is 4. The predicted molar refractivity (Wildman–Crippen MR) is 123 cm³/mol. The smallest absolute Gasteiger partial charge is 0.343 e. The van der Waals surface area contributed by atoms with E-state index in [0.717, 1.165) is 12.1 Å². The van der Waals surface area contributed by atoms with Crippen LogP contribution in [0.3, 0.4) is 0 Å². The minimum atomic E-state index is -5.21. The fourth-order valence-corrected chi connectivity index (χ4v) is 3.35. The van der Waals surface area contributed by atoms with E-state index in [2.05, 4.69) is 10.6 Å². The van der Waals surface area contributed by atoms with Gasteiger partial charge in [-0.15, -0.1) is 0 Å². The first-order chi connectivity index (χ1) is 18.4. The number of hydrogen-bond acceptors (Lipinski definition) is 10. The van der Waals surface area contributed by atoms with Crippen LogP contribution >= 0.6 is 0 Å². The summed E-state index contributed by atoms with van der Waals surface area (Å²) in [5, 5.41) is 50.4. The van der Waals surface area contributed by atoms with Gasteiger partial charge >= 0.3 is 12.4 Å². The number of nitro benzene ring substituents is 4. The van der Waals surface area contributed by atoms with Crippen LogP contribution in [0, 0.1) is 40.5 Å². The molecule has 20 heteroatoms. The van der Waals surface area contributed by atoms with Crippen molar-refractivity contribution in [2.24, 2.45) is 0 Å². The molecule has 0 fully saturated rings. The van der Waals surface area contributed by atoms with Crippen LogP contribution < -0.4 is 10.6 Å². The summed E-state index contributed by atoms with van der Waals surface area (Å²) >= 11 is 0. The van der Waals surface area contributed by atoms with Crippen LogP contribution in [0.4, 0.5) is 71.8 Å². The number of hydrogen-bond donors (Lipinski definition) is 2. The number of nitrogens with zero attached hydrogens (tertiary/aromatic N) is 4. The Morgan fingerprint density at radius 2 is 0.775 bits per heavy atom. The molecule has 3 aromatic rings. The van der Waals surface area contributed by atoms with Crippen molar-refractivity contribution in [3.8, 4) is 0 Å². The third-order valence-electron chi connectivity index (χ3n) is 5.08. The molecule has 0 saturated heterocycles. The first-order valence-corrected chi connectivity index (χ1v) is 10.1. The first-order valence-electron chi connectivity index (χ1n) is 10.1. The second-order valence-corrected chi connectivity index (χ2v) is 7.60. The standard InChI is InChI=1S/C20H10F6N6O8/c21-19(22,23)9-5-13(29(33)34)17(14(6-9)30(35)36)27-11-3-1-2-4-12(11)28-18-15(31(37)38)7-10(20(24,25)26)8-16(18)32(39)40/h1-8,27-28H. The Balaban J connectivity index is 2.23. The summed E-state index contributed by atoms with van der Waals surface area (Å²) in [4.78, 5) is 40.6. The number of rotatable bonds is 8. The summed E-state index contributed by atoms with van der Waals surface area (Å²) < 4.78 is 79.2. The molecule has 0 aromatic heterocycles. The SMILES string of the molecule is O=[N+]([O-])c1cc(C(F)(F)F)cc([N+](=O)[O-])c1Nc1ccccc1Nc1c([N+](=O)[O-])cc(C(F)(F)F)cc1[N+](=O)[O-]. The Kier molecular flexibility index (Phi) is 7.47. The van der Waals surface area contributed by atoms with E-state index in [0.29, 0.717) is 0 Å². The highest BCUT2D eigenvalue weighted by atomic mass is 19.4. The Morgan fingerprint density at radius 1 is 0.525 bits per heavy atom. The Hall–Kier alpha value is -5.56. The molecule has 210 valence electrons. The molecule has 0 radical (unpaired) electrons. The summed E-state index contributed by atoms with van der Waals surface area (Å²) in [5.74, 6) is 0. The van der Waals surface area contributed by atoms with Crippen molar-refractivity contribution in [2.45, 2.75) is 12.4 Å². The topological polar surface area (TPSA) is 197 Å². The monoisotopic (exact) mass is 576 g/mol. The maximum Gasteiger partial charge on any atom is 0.416 e.